The third kappa shape index (κ3) is 2.90. The van der Waals surface area contributed by atoms with Crippen LogP contribution in [0.15, 0.2) is 18.2 Å². The molecule has 0 spiro atoms. The minimum absolute atomic E-state index is 0.271. The van der Waals surface area contributed by atoms with Crippen molar-refractivity contribution in [2.24, 2.45) is 0 Å². The van der Waals surface area contributed by atoms with Crippen LogP contribution in [0.1, 0.15) is 36.0 Å². The molecule has 3 nitrogen and oxygen atoms in total. The predicted molar refractivity (Wildman–Crippen MR) is 71.0 cm³/mol. The Hall–Kier alpha value is -1.37. The SMILES string of the molecule is Cc1cc(C#N)ccc1CN1CCCC1CCO. The molecule has 2 rings (SSSR count). The lowest BCUT2D eigenvalue weighted by atomic mass is 10.0. The lowest BCUT2D eigenvalue weighted by Gasteiger charge is -2.24. The molecule has 0 amide bonds. The van der Waals surface area contributed by atoms with Crippen LogP contribution in [0.2, 0.25) is 0 Å². The van der Waals surface area contributed by atoms with Gasteiger partial charge in [0.05, 0.1) is 11.6 Å². The topological polar surface area (TPSA) is 47.3 Å². The molecule has 0 aliphatic carbocycles. The first kappa shape index (κ1) is 13.1. The number of aliphatic hydroxyl groups is 1. The van der Waals surface area contributed by atoms with Crippen LogP contribution >= 0.6 is 0 Å². The average Bonchev–Trinajstić information content (AvgIpc) is 2.80. The second-order valence-electron chi connectivity index (χ2n) is 5.03. The largest absolute Gasteiger partial charge is 0.396 e. The van der Waals surface area contributed by atoms with Gasteiger partial charge in [-0.2, -0.15) is 5.26 Å². The zero-order chi connectivity index (χ0) is 13.0. The molecule has 0 radical (unpaired) electrons. The van der Waals surface area contributed by atoms with Crippen molar-refractivity contribution >= 4 is 0 Å². The van der Waals surface area contributed by atoms with Gasteiger partial charge in [-0.1, -0.05) is 6.07 Å². The van der Waals surface area contributed by atoms with E-state index < -0.39 is 0 Å². The summed E-state index contributed by atoms with van der Waals surface area (Å²) in [6.07, 6.45) is 3.28. The van der Waals surface area contributed by atoms with Gasteiger partial charge in [-0.05, 0) is 56.0 Å². The van der Waals surface area contributed by atoms with Crippen LogP contribution < -0.4 is 0 Å². The highest BCUT2D eigenvalue weighted by Gasteiger charge is 2.24. The maximum Gasteiger partial charge on any atom is 0.0991 e. The summed E-state index contributed by atoms with van der Waals surface area (Å²) >= 11 is 0. The normalized spacial score (nSPS) is 19.9. The van der Waals surface area contributed by atoms with Gasteiger partial charge in [-0.15, -0.1) is 0 Å². The highest BCUT2D eigenvalue weighted by Crippen LogP contribution is 2.23. The van der Waals surface area contributed by atoms with Crippen molar-refractivity contribution in [1.29, 1.82) is 5.26 Å². The van der Waals surface area contributed by atoms with Crippen molar-refractivity contribution in [3.63, 3.8) is 0 Å². The minimum atomic E-state index is 0.271. The smallest absolute Gasteiger partial charge is 0.0991 e. The number of aryl methyl sites for hydroxylation is 1. The molecule has 1 saturated heterocycles. The minimum Gasteiger partial charge on any atom is -0.396 e. The average molecular weight is 244 g/mol. The monoisotopic (exact) mass is 244 g/mol. The van der Waals surface area contributed by atoms with Gasteiger partial charge in [0, 0.05) is 19.2 Å². The maximum absolute atomic E-state index is 9.07. The number of hydrogen-bond donors (Lipinski definition) is 1. The summed E-state index contributed by atoms with van der Waals surface area (Å²) in [6.45, 7) is 4.38. The van der Waals surface area contributed by atoms with Gasteiger partial charge in [0.15, 0.2) is 0 Å². The second-order valence-corrected chi connectivity index (χ2v) is 5.03. The third-order valence-corrected chi connectivity index (χ3v) is 3.81. The second kappa shape index (κ2) is 5.99. The maximum atomic E-state index is 9.07. The van der Waals surface area contributed by atoms with E-state index in [4.69, 9.17) is 10.4 Å². The Labute approximate surface area is 109 Å². The molecule has 0 saturated carbocycles. The van der Waals surface area contributed by atoms with Crippen molar-refractivity contribution in [2.75, 3.05) is 13.2 Å². The highest BCUT2D eigenvalue weighted by atomic mass is 16.3. The van der Waals surface area contributed by atoms with E-state index in [0.717, 1.165) is 25.1 Å². The molecule has 1 heterocycles. The summed E-state index contributed by atoms with van der Waals surface area (Å²) in [5.74, 6) is 0. The first-order valence-corrected chi connectivity index (χ1v) is 6.59. The van der Waals surface area contributed by atoms with Crippen molar-refractivity contribution in [3.8, 4) is 6.07 Å². The van der Waals surface area contributed by atoms with Crippen LogP contribution in [0.25, 0.3) is 0 Å². The van der Waals surface area contributed by atoms with E-state index in [1.807, 2.05) is 12.1 Å². The molecule has 1 N–H and O–H groups in total. The van der Waals surface area contributed by atoms with E-state index in [0.29, 0.717) is 6.04 Å². The van der Waals surface area contributed by atoms with Crippen LogP contribution in [0.5, 0.6) is 0 Å². The van der Waals surface area contributed by atoms with Crippen LogP contribution in [0.4, 0.5) is 0 Å². The fourth-order valence-corrected chi connectivity index (χ4v) is 2.74. The Morgan fingerprint density at radius 3 is 3.00 bits per heavy atom. The number of benzene rings is 1. The van der Waals surface area contributed by atoms with E-state index in [1.165, 1.54) is 24.0 Å². The zero-order valence-corrected chi connectivity index (χ0v) is 10.9. The van der Waals surface area contributed by atoms with Crippen molar-refractivity contribution in [1.82, 2.24) is 4.90 Å². The molecule has 1 atom stereocenters. The van der Waals surface area contributed by atoms with Crippen molar-refractivity contribution in [3.05, 3.63) is 34.9 Å². The number of hydrogen-bond acceptors (Lipinski definition) is 3. The first-order valence-electron chi connectivity index (χ1n) is 6.59. The van der Waals surface area contributed by atoms with E-state index in [1.54, 1.807) is 0 Å². The van der Waals surface area contributed by atoms with Gasteiger partial charge < -0.3 is 5.11 Å². The molecule has 1 aliphatic rings. The Balaban J connectivity index is 2.07. The number of rotatable bonds is 4. The van der Waals surface area contributed by atoms with Gasteiger partial charge >= 0.3 is 0 Å². The summed E-state index contributed by atoms with van der Waals surface area (Å²) in [5.41, 5.74) is 3.20. The molecule has 3 heteroatoms. The lowest BCUT2D eigenvalue weighted by Crippen LogP contribution is -2.29. The molecule has 1 unspecified atom stereocenters. The molecule has 1 fully saturated rings. The van der Waals surface area contributed by atoms with Crippen LogP contribution in [-0.4, -0.2) is 29.2 Å². The summed E-state index contributed by atoms with van der Waals surface area (Å²) in [5, 5.41) is 17.9. The summed E-state index contributed by atoms with van der Waals surface area (Å²) in [7, 11) is 0. The lowest BCUT2D eigenvalue weighted by molar-refractivity contribution is 0.189. The van der Waals surface area contributed by atoms with Gasteiger partial charge in [0.2, 0.25) is 0 Å². The van der Waals surface area contributed by atoms with Crippen LogP contribution in [-0.2, 0) is 6.54 Å². The van der Waals surface area contributed by atoms with E-state index in [2.05, 4.69) is 24.0 Å². The predicted octanol–water partition coefficient (Wildman–Crippen LogP) is 2.21. The van der Waals surface area contributed by atoms with E-state index >= 15 is 0 Å². The van der Waals surface area contributed by atoms with Crippen LogP contribution in [0, 0.1) is 18.3 Å². The molecule has 1 aromatic carbocycles. The van der Waals surface area contributed by atoms with Gasteiger partial charge in [0.1, 0.15) is 0 Å². The molecule has 1 aliphatic heterocycles. The molecule has 0 bridgehead atoms. The molecular formula is C15H20N2O. The molecule has 0 aromatic heterocycles. The van der Waals surface area contributed by atoms with Crippen LogP contribution in [0.3, 0.4) is 0 Å². The Kier molecular flexibility index (Phi) is 4.35. The Morgan fingerprint density at radius 1 is 1.50 bits per heavy atom. The number of nitriles is 1. The quantitative estimate of drug-likeness (QED) is 0.883. The summed E-state index contributed by atoms with van der Waals surface area (Å²) in [6, 6.07) is 8.59. The van der Waals surface area contributed by atoms with E-state index in [-0.39, 0.29) is 6.61 Å². The molecule has 1 aromatic rings. The molecule has 18 heavy (non-hydrogen) atoms. The fraction of sp³-hybridized carbons (Fsp3) is 0.533. The Morgan fingerprint density at radius 2 is 2.33 bits per heavy atom. The number of aliphatic hydroxyl groups excluding tert-OH is 1. The third-order valence-electron chi connectivity index (χ3n) is 3.81. The van der Waals surface area contributed by atoms with E-state index in [9.17, 15) is 0 Å². The highest BCUT2D eigenvalue weighted by molar-refractivity contribution is 5.37. The first-order chi connectivity index (χ1) is 8.74. The van der Waals surface area contributed by atoms with Gasteiger partial charge in [-0.3, -0.25) is 4.90 Å². The van der Waals surface area contributed by atoms with Crippen molar-refractivity contribution in [2.45, 2.75) is 38.8 Å². The molecular weight excluding hydrogens is 224 g/mol. The van der Waals surface area contributed by atoms with Gasteiger partial charge in [0.25, 0.3) is 0 Å². The number of nitrogens with zero attached hydrogens (tertiary/aromatic N) is 2. The summed E-state index contributed by atoms with van der Waals surface area (Å²) in [4.78, 5) is 2.45. The van der Waals surface area contributed by atoms with Gasteiger partial charge in [-0.25, -0.2) is 0 Å². The van der Waals surface area contributed by atoms with Crippen molar-refractivity contribution < 1.29 is 5.11 Å². The summed E-state index contributed by atoms with van der Waals surface area (Å²) < 4.78 is 0. The Bertz CT molecular complexity index is 450. The standard InChI is InChI=1S/C15H20N2O/c1-12-9-13(10-16)4-5-14(12)11-17-7-2-3-15(17)6-8-18/h4-5,9,15,18H,2-3,6-8,11H2,1H3. The zero-order valence-electron chi connectivity index (χ0n) is 10.9. The number of likely N-dealkylation sites (tertiary alicyclic amines) is 1. The fourth-order valence-electron chi connectivity index (χ4n) is 2.74. The molecule has 96 valence electrons.